The number of likely N-dealkylation sites (N-methyl/N-ethyl adjacent to an activating group) is 1. The number of aliphatic imine (C=N–C) groups is 1. The molecule has 160 valence electrons. The van der Waals surface area contributed by atoms with Crippen molar-refractivity contribution < 1.29 is 4.52 Å². The molecule has 0 saturated carbocycles. The fourth-order valence-corrected chi connectivity index (χ4v) is 3.88. The number of rotatable bonds is 7. The number of aromatic nitrogens is 2. The van der Waals surface area contributed by atoms with Crippen molar-refractivity contribution in [2.75, 3.05) is 39.8 Å². The van der Waals surface area contributed by atoms with E-state index in [0.29, 0.717) is 35.7 Å². The van der Waals surface area contributed by atoms with E-state index in [2.05, 4.69) is 44.1 Å². The molecule has 2 heterocycles. The molecule has 1 N–H and O–H groups in total. The molecule has 2 aromatic rings. The Balaban J connectivity index is 0.00000300. The molecule has 29 heavy (non-hydrogen) atoms. The fraction of sp³-hybridized carbons (Fsp3) is 0.550. The Morgan fingerprint density at radius 3 is 2.86 bits per heavy atom. The van der Waals surface area contributed by atoms with Crippen LogP contribution in [0.1, 0.15) is 26.2 Å². The maximum Gasteiger partial charge on any atom is 0.228 e. The Bertz CT molecular complexity index is 795. The molecule has 1 unspecified atom stereocenters. The Labute approximate surface area is 194 Å². The first kappa shape index (κ1) is 23.9. The van der Waals surface area contributed by atoms with E-state index in [1.807, 2.05) is 31.3 Å². The summed E-state index contributed by atoms with van der Waals surface area (Å²) in [4.78, 5) is 13.7. The summed E-state index contributed by atoms with van der Waals surface area (Å²) < 4.78 is 5.37. The quantitative estimate of drug-likeness (QED) is 0.334. The van der Waals surface area contributed by atoms with Crippen LogP contribution in [-0.4, -0.2) is 71.7 Å². The molecule has 3 rings (SSSR count). The molecule has 0 bridgehead atoms. The van der Waals surface area contributed by atoms with Crippen molar-refractivity contribution in [3.63, 3.8) is 0 Å². The highest BCUT2D eigenvalue weighted by molar-refractivity contribution is 14.0. The van der Waals surface area contributed by atoms with Crippen LogP contribution in [0.5, 0.6) is 0 Å². The van der Waals surface area contributed by atoms with Crippen LogP contribution >= 0.6 is 35.6 Å². The smallest absolute Gasteiger partial charge is 0.228 e. The standard InChI is InChI=1S/C20H29ClN6O.HI/c1-4-26(5-2)17-10-12-27(14-17)20(22-3)23-11-9-18-24-19(25-28-18)15-7-6-8-16(21)13-15;/h6-8,13,17H,4-5,9-12,14H2,1-3H3,(H,22,23);1H. The highest BCUT2D eigenvalue weighted by Crippen LogP contribution is 2.20. The lowest BCUT2D eigenvalue weighted by molar-refractivity contribution is 0.223. The second kappa shape index (κ2) is 11.7. The molecule has 1 saturated heterocycles. The van der Waals surface area contributed by atoms with Gasteiger partial charge in [-0.25, -0.2) is 0 Å². The summed E-state index contributed by atoms with van der Waals surface area (Å²) in [5, 5.41) is 8.13. The van der Waals surface area contributed by atoms with E-state index < -0.39 is 0 Å². The van der Waals surface area contributed by atoms with Gasteiger partial charge in [-0.15, -0.1) is 24.0 Å². The van der Waals surface area contributed by atoms with Crippen LogP contribution in [0.15, 0.2) is 33.8 Å². The van der Waals surface area contributed by atoms with Gasteiger partial charge in [-0.1, -0.05) is 42.7 Å². The summed E-state index contributed by atoms with van der Waals surface area (Å²) in [6.45, 7) is 9.36. The SMILES string of the molecule is CCN(CC)C1CCN(C(=NC)NCCc2nc(-c3cccc(Cl)c3)no2)C1.I. The highest BCUT2D eigenvalue weighted by Gasteiger charge is 2.27. The van der Waals surface area contributed by atoms with Crippen LogP contribution in [0.4, 0.5) is 0 Å². The highest BCUT2D eigenvalue weighted by atomic mass is 127. The summed E-state index contributed by atoms with van der Waals surface area (Å²) in [5.41, 5.74) is 0.853. The van der Waals surface area contributed by atoms with Crippen LogP contribution in [-0.2, 0) is 6.42 Å². The first-order valence-corrected chi connectivity index (χ1v) is 10.3. The largest absolute Gasteiger partial charge is 0.356 e. The number of guanidine groups is 1. The third-order valence-corrected chi connectivity index (χ3v) is 5.41. The summed E-state index contributed by atoms with van der Waals surface area (Å²) in [5.74, 6) is 2.09. The van der Waals surface area contributed by atoms with Gasteiger partial charge in [-0.2, -0.15) is 4.98 Å². The summed E-state index contributed by atoms with van der Waals surface area (Å²) in [7, 11) is 1.83. The average molecular weight is 533 g/mol. The van der Waals surface area contributed by atoms with Gasteiger partial charge >= 0.3 is 0 Å². The van der Waals surface area contributed by atoms with Crippen molar-refractivity contribution >= 4 is 41.5 Å². The molecule has 1 aliphatic heterocycles. The molecule has 0 amide bonds. The van der Waals surface area contributed by atoms with E-state index in [0.717, 1.165) is 37.7 Å². The van der Waals surface area contributed by atoms with Crippen LogP contribution < -0.4 is 5.32 Å². The number of nitrogens with one attached hydrogen (secondary N) is 1. The monoisotopic (exact) mass is 532 g/mol. The van der Waals surface area contributed by atoms with Gasteiger partial charge in [0.25, 0.3) is 0 Å². The molecule has 9 heteroatoms. The number of nitrogens with zero attached hydrogens (tertiary/aromatic N) is 5. The van der Waals surface area contributed by atoms with Crippen LogP contribution in [0.2, 0.25) is 5.02 Å². The molecule has 0 aliphatic carbocycles. The first-order valence-electron chi connectivity index (χ1n) is 9.92. The van der Waals surface area contributed by atoms with Gasteiger partial charge in [-0.3, -0.25) is 9.89 Å². The lowest BCUT2D eigenvalue weighted by Crippen LogP contribution is -2.43. The van der Waals surface area contributed by atoms with Crippen molar-refractivity contribution in [3.8, 4) is 11.4 Å². The van der Waals surface area contributed by atoms with Crippen LogP contribution in [0.25, 0.3) is 11.4 Å². The number of likely N-dealkylation sites (tertiary alicyclic amines) is 1. The van der Waals surface area contributed by atoms with E-state index >= 15 is 0 Å². The normalized spacial score (nSPS) is 16.9. The van der Waals surface area contributed by atoms with Gasteiger partial charge < -0.3 is 14.7 Å². The van der Waals surface area contributed by atoms with E-state index in [4.69, 9.17) is 16.1 Å². The summed E-state index contributed by atoms with van der Waals surface area (Å²) in [6.07, 6.45) is 1.81. The maximum absolute atomic E-state index is 6.03. The molecular weight excluding hydrogens is 503 g/mol. The van der Waals surface area contributed by atoms with Crippen molar-refractivity contribution in [2.24, 2.45) is 4.99 Å². The second-order valence-electron chi connectivity index (χ2n) is 6.86. The predicted molar refractivity (Wildman–Crippen MR) is 128 cm³/mol. The number of benzene rings is 1. The summed E-state index contributed by atoms with van der Waals surface area (Å²) >= 11 is 6.03. The van der Waals surface area contributed by atoms with Crippen molar-refractivity contribution in [1.82, 2.24) is 25.3 Å². The maximum atomic E-state index is 6.03. The van der Waals surface area contributed by atoms with Crippen molar-refractivity contribution in [1.29, 1.82) is 0 Å². The van der Waals surface area contributed by atoms with Gasteiger partial charge in [0.05, 0.1) is 0 Å². The molecule has 1 fully saturated rings. The zero-order valence-electron chi connectivity index (χ0n) is 17.3. The van der Waals surface area contributed by atoms with Crippen LogP contribution in [0, 0.1) is 0 Å². The molecule has 1 aromatic carbocycles. The molecule has 1 aliphatic rings. The Kier molecular flexibility index (Phi) is 9.64. The topological polar surface area (TPSA) is 69.8 Å². The first-order chi connectivity index (χ1) is 13.6. The van der Waals surface area contributed by atoms with E-state index in [9.17, 15) is 0 Å². The summed E-state index contributed by atoms with van der Waals surface area (Å²) in [6, 6.07) is 8.05. The van der Waals surface area contributed by atoms with Gasteiger partial charge in [-0.05, 0) is 31.6 Å². The Morgan fingerprint density at radius 1 is 1.38 bits per heavy atom. The molecule has 0 radical (unpaired) electrons. The fourth-order valence-electron chi connectivity index (χ4n) is 3.69. The predicted octanol–water partition coefficient (Wildman–Crippen LogP) is 3.54. The van der Waals surface area contributed by atoms with E-state index in [-0.39, 0.29) is 24.0 Å². The molecule has 1 aromatic heterocycles. The van der Waals surface area contributed by atoms with Gasteiger partial charge in [0.2, 0.25) is 11.7 Å². The minimum absolute atomic E-state index is 0. The Hall–Kier alpha value is -1.39. The van der Waals surface area contributed by atoms with Gasteiger partial charge in [0.15, 0.2) is 5.96 Å². The zero-order valence-corrected chi connectivity index (χ0v) is 20.4. The molecule has 1 atom stereocenters. The lowest BCUT2D eigenvalue weighted by atomic mass is 10.2. The van der Waals surface area contributed by atoms with Gasteiger partial charge in [0, 0.05) is 49.7 Å². The second-order valence-corrected chi connectivity index (χ2v) is 7.29. The van der Waals surface area contributed by atoms with Crippen LogP contribution in [0.3, 0.4) is 0 Å². The molecule has 0 spiro atoms. The lowest BCUT2D eigenvalue weighted by Gasteiger charge is -2.27. The molecular formula is C20H30ClIN6O. The minimum atomic E-state index is 0. The third-order valence-electron chi connectivity index (χ3n) is 5.18. The number of halogens is 2. The molecule has 7 nitrogen and oxygen atoms in total. The van der Waals surface area contributed by atoms with Gasteiger partial charge in [0.1, 0.15) is 0 Å². The number of hydrogen-bond donors (Lipinski definition) is 1. The minimum Gasteiger partial charge on any atom is -0.356 e. The Morgan fingerprint density at radius 2 is 2.17 bits per heavy atom. The van der Waals surface area contributed by atoms with Crippen molar-refractivity contribution in [2.45, 2.75) is 32.7 Å². The number of hydrogen-bond acceptors (Lipinski definition) is 5. The van der Waals surface area contributed by atoms with E-state index in [1.165, 1.54) is 6.42 Å². The third kappa shape index (κ3) is 6.29. The van der Waals surface area contributed by atoms with E-state index in [1.54, 1.807) is 0 Å². The zero-order chi connectivity index (χ0) is 19.9. The average Bonchev–Trinajstić information content (AvgIpc) is 3.36. The van der Waals surface area contributed by atoms with Crippen molar-refractivity contribution in [3.05, 3.63) is 35.2 Å².